The minimum absolute atomic E-state index is 0.271. The smallest absolute Gasteiger partial charge is 0.318 e. The van der Waals surface area contributed by atoms with E-state index in [-0.39, 0.29) is 12.6 Å². The lowest BCUT2D eigenvalue weighted by Gasteiger charge is -2.34. The van der Waals surface area contributed by atoms with Gasteiger partial charge in [-0.05, 0) is 6.92 Å². The molecule has 1 aromatic heterocycles. The van der Waals surface area contributed by atoms with E-state index in [9.17, 15) is 14.4 Å². The summed E-state index contributed by atoms with van der Waals surface area (Å²) in [5, 5.41) is 20.6. The molecule has 0 saturated carbocycles. The number of aromatic nitrogens is 2. The number of rotatable bonds is 4. The average Bonchev–Trinajstić information content (AvgIpc) is 2.94. The number of hydrogen-bond donors (Lipinski definition) is 4. The van der Waals surface area contributed by atoms with Gasteiger partial charge in [-0.2, -0.15) is 5.10 Å². The molecule has 21 heavy (non-hydrogen) atoms. The maximum atomic E-state index is 12.3. The molecule has 1 aliphatic rings. The van der Waals surface area contributed by atoms with Crippen LogP contribution in [-0.2, 0) is 9.59 Å². The Kier molecular flexibility index (Phi) is 4.41. The summed E-state index contributed by atoms with van der Waals surface area (Å²) in [4.78, 5) is 36.1. The summed E-state index contributed by atoms with van der Waals surface area (Å²) in [5.41, 5.74) is 0.791. The Balaban J connectivity index is 2.04. The van der Waals surface area contributed by atoms with Gasteiger partial charge < -0.3 is 20.6 Å². The maximum Gasteiger partial charge on any atom is 0.318 e. The summed E-state index contributed by atoms with van der Waals surface area (Å²) in [5.74, 6) is -1.58. The van der Waals surface area contributed by atoms with Crippen molar-refractivity contribution < 1.29 is 19.5 Å². The van der Waals surface area contributed by atoms with Crippen LogP contribution in [0.2, 0.25) is 0 Å². The van der Waals surface area contributed by atoms with Crippen molar-refractivity contribution in [3.8, 4) is 0 Å². The topological polar surface area (TPSA) is 127 Å². The Morgan fingerprint density at radius 2 is 2.38 bits per heavy atom. The third kappa shape index (κ3) is 3.50. The fourth-order valence-electron chi connectivity index (χ4n) is 2.18. The quantitative estimate of drug-likeness (QED) is 0.593. The molecule has 2 unspecified atom stereocenters. The first-order chi connectivity index (χ1) is 9.99. The fourth-order valence-corrected chi connectivity index (χ4v) is 2.18. The molecule has 9 heteroatoms. The van der Waals surface area contributed by atoms with Gasteiger partial charge in [0, 0.05) is 24.8 Å². The lowest BCUT2D eigenvalue weighted by molar-refractivity contribution is -0.142. The number of carbonyl (C=O) groups excluding carboxylic acids is 2. The van der Waals surface area contributed by atoms with Crippen molar-refractivity contribution in [2.75, 3.05) is 13.1 Å². The second-order valence-corrected chi connectivity index (χ2v) is 4.80. The van der Waals surface area contributed by atoms with Crippen molar-refractivity contribution in [1.29, 1.82) is 0 Å². The van der Waals surface area contributed by atoms with E-state index in [0.29, 0.717) is 6.54 Å². The second-order valence-electron chi connectivity index (χ2n) is 4.80. The molecule has 1 aromatic rings. The molecular weight excluding hydrogens is 278 g/mol. The van der Waals surface area contributed by atoms with Crippen LogP contribution in [0.1, 0.15) is 24.9 Å². The number of aliphatic carboxylic acids is 1. The average molecular weight is 295 g/mol. The van der Waals surface area contributed by atoms with Crippen LogP contribution in [0.25, 0.3) is 0 Å². The molecule has 2 heterocycles. The minimum atomic E-state index is -1.13. The molecular formula is C12H17N5O4. The molecule has 0 bridgehead atoms. The molecule has 1 saturated heterocycles. The lowest BCUT2D eigenvalue weighted by atomic mass is 10.1. The maximum absolute atomic E-state index is 12.3. The predicted octanol–water partition coefficient (Wildman–Crippen LogP) is -0.545. The minimum Gasteiger partial charge on any atom is -0.481 e. The van der Waals surface area contributed by atoms with E-state index in [2.05, 4.69) is 20.8 Å². The van der Waals surface area contributed by atoms with Crippen LogP contribution in [0, 0.1) is 0 Å². The Hall–Kier alpha value is -2.58. The summed E-state index contributed by atoms with van der Waals surface area (Å²) in [6.07, 6.45) is 2.82. The van der Waals surface area contributed by atoms with Gasteiger partial charge in [-0.25, -0.2) is 4.79 Å². The van der Waals surface area contributed by atoms with Crippen molar-refractivity contribution in [2.24, 2.45) is 0 Å². The number of urea groups is 1. The summed E-state index contributed by atoms with van der Waals surface area (Å²) >= 11 is 0. The van der Waals surface area contributed by atoms with Gasteiger partial charge in [0.2, 0.25) is 5.91 Å². The monoisotopic (exact) mass is 295 g/mol. The third-order valence-electron chi connectivity index (χ3n) is 3.32. The van der Waals surface area contributed by atoms with Crippen molar-refractivity contribution in [3.63, 3.8) is 0 Å². The number of piperazine rings is 1. The highest BCUT2D eigenvalue weighted by Gasteiger charge is 2.35. The zero-order chi connectivity index (χ0) is 15.4. The number of nitrogens with zero attached hydrogens (tertiary/aromatic N) is 2. The predicted molar refractivity (Wildman–Crippen MR) is 71.3 cm³/mol. The molecule has 0 spiro atoms. The Morgan fingerprint density at radius 3 is 3.00 bits per heavy atom. The van der Waals surface area contributed by atoms with Gasteiger partial charge in [0.25, 0.3) is 0 Å². The number of H-pyrrole nitrogens is 1. The lowest BCUT2D eigenvalue weighted by Crippen LogP contribution is -2.60. The summed E-state index contributed by atoms with van der Waals surface area (Å²) in [7, 11) is 0. The van der Waals surface area contributed by atoms with Crippen molar-refractivity contribution in [3.05, 3.63) is 18.0 Å². The Bertz CT molecular complexity index is 530. The van der Waals surface area contributed by atoms with E-state index < -0.39 is 30.4 Å². The van der Waals surface area contributed by atoms with Crippen molar-refractivity contribution in [1.82, 2.24) is 25.7 Å². The van der Waals surface area contributed by atoms with Gasteiger partial charge in [0.15, 0.2) is 0 Å². The first-order valence-corrected chi connectivity index (χ1v) is 6.54. The largest absolute Gasteiger partial charge is 0.481 e. The van der Waals surface area contributed by atoms with Crippen LogP contribution in [0.15, 0.2) is 12.4 Å². The van der Waals surface area contributed by atoms with Crippen LogP contribution in [-0.4, -0.2) is 57.2 Å². The molecule has 114 valence electrons. The highest BCUT2D eigenvalue weighted by molar-refractivity contribution is 5.91. The fraction of sp³-hybridized carbons (Fsp3) is 0.500. The molecule has 4 N–H and O–H groups in total. The van der Waals surface area contributed by atoms with Gasteiger partial charge in [0.1, 0.15) is 6.04 Å². The van der Waals surface area contributed by atoms with E-state index in [1.807, 2.05) is 0 Å². The Morgan fingerprint density at radius 1 is 1.62 bits per heavy atom. The third-order valence-corrected chi connectivity index (χ3v) is 3.32. The summed E-state index contributed by atoms with van der Waals surface area (Å²) in [6.45, 7) is 2.36. The van der Waals surface area contributed by atoms with E-state index >= 15 is 0 Å². The van der Waals surface area contributed by atoms with Crippen molar-refractivity contribution >= 4 is 17.9 Å². The van der Waals surface area contributed by atoms with E-state index in [1.54, 1.807) is 19.3 Å². The zero-order valence-corrected chi connectivity index (χ0v) is 11.5. The first-order valence-electron chi connectivity index (χ1n) is 6.54. The molecule has 9 nitrogen and oxygen atoms in total. The highest BCUT2D eigenvalue weighted by Crippen LogP contribution is 2.13. The number of carboxylic acid groups (broad SMARTS) is 1. The van der Waals surface area contributed by atoms with Gasteiger partial charge >= 0.3 is 12.0 Å². The highest BCUT2D eigenvalue weighted by atomic mass is 16.4. The van der Waals surface area contributed by atoms with Crippen LogP contribution < -0.4 is 10.6 Å². The molecule has 1 fully saturated rings. The van der Waals surface area contributed by atoms with Crippen LogP contribution in [0.3, 0.4) is 0 Å². The van der Waals surface area contributed by atoms with Crippen LogP contribution in [0.4, 0.5) is 4.79 Å². The Labute approximate surface area is 120 Å². The van der Waals surface area contributed by atoms with Gasteiger partial charge in [0.05, 0.1) is 18.7 Å². The molecule has 2 rings (SSSR count). The number of amides is 3. The number of aromatic amines is 1. The number of nitrogens with one attached hydrogen (secondary N) is 3. The standard InChI is InChI=1S/C12H17N5O4/c1-7(8-5-14-15-6-8)16-12(21)17-3-2-13-11(20)9(17)4-10(18)19/h5-7,9H,2-4H2,1H3,(H,13,20)(H,14,15)(H,16,21)(H,18,19). The zero-order valence-electron chi connectivity index (χ0n) is 11.5. The molecule has 0 aliphatic carbocycles. The second kappa shape index (κ2) is 6.25. The van der Waals surface area contributed by atoms with E-state index in [4.69, 9.17) is 5.11 Å². The van der Waals surface area contributed by atoms with Gasteiger partial charge in [-0.3, -0.25) is 14.7 Å². The number of hydrogen-bond acceptors (Lipinski definition) is 4. The van der Waals surface area contributed by atoms with Crippen LogP contribution >= 0.6 is 0 Å². The molecule has 0 radical (unpaired) electrons. The van der Waals surface area contributed by atoms with Crippen molar-refractivity contribution in [2.45, 2.75) is 25.4 Å². The SMILES string of the molecule is CC(NC(=O)N1CCNC(=O)C1CC(=O)O)c1cn[nH]c1. The normalized spacial score (nSPS) is 19.8. The summed E-state index contributed by atoms with van der Waals surface area (Å²) < 4.78 is 0. The van der Waals surface area contributed by atoms with E-state index in [0.717, 1.165) is 5.56 Å². The first kappa shape index (κ1) is 14.8. The van der Waals surface area contributed by atoms with Crippen LogP contribution in [0.5, 0.6) is 0 Å². The van der Waals surface area contributed by atoms with Gasteiger partial charge in [-0.15, -0.1) is 0 Å². The molecule has 3 amide bonds. The molecule has 1 aliphatic heterocycles. The molecule has 0 aromatic carbocycles. The number of carboxylic acids is 1. The van der Waals surface area contributed by atoms with E-state index in [1.165, 1.54) is 4.90 Å². The summed E-state index contributed by atoms with van der Waals surface area (Å²) in [6, 6.07) is -1.76. The van der Waals surface area contributed by atoms with Gasteiger partial charge in [-0.1, -0.05) is 0 Å². The molecule has 2 atom stereocenters. The number of carbonyl (C=O) groups is 3.